The Morgan fingerprint density at radius 3 is 2.46 bits per heavy atom. The first-order valence-corrected chi connectivity index (χ1v) is 9.57. The minimum absolute atomic E-state index is 0.581. The third-order valence-electron chi connectivity index (χ3n) is 5.30. The van der Waals surface area contributed by atoms with Crippen LogP contribution in [0, 0.1) is 0 Å². The molecule has 0 atom stereocenters. The highest BCUT2D eigenvalue weighted by Gasteiger charge is 2.22. The van der Waals surface area contributed by atoms with Gasteiger partial charge in [0.1, 0.15) is 23.9 Å². The standard InChI is InChI=1S/C22H26N2O2/c1-25-18-11-13-19(14-12-18)26-16-15-24-21-10-6-5-9-20(21)23-22(24)17-7-3-2-4-8-17/h5-6,9-14,17H,2-4,7-8,15-16H2,1H3. The molecule has 0 radical (unpaired) electrons. The first-order valence-electron chi connectivity index (χ1n) is 9.57. The molecule has 1 saturated carbocycles. The Morgan fingerprint density at radius 1 is 0.962 bits per heavy atom. The maximum atomic E-state index is 5.97. The van der Waals surface area contributed by atoms with E-state index in [0.29, 0.717) is 12.5 Å². The number of imidazole rings is 1. The summed E-state index contributed by atoms with van der Waals surface area (Å²) in [6.07, 6.45) is 6.50. The number of rotatable bonds is 6. The average molecular weight is 350 g/mol. The van der Waals surface area contributed by atoms with E-state index in [1.54, 1.807) is 7.11 Å². The van der Waals surface area contributed by atoms with Crippen molar-refractivity contribution in [3.8, 4) is 11.5 Å². The normalized spacial score (nSPS) is 15.3. The van der Waals surface area contributed by atoms with Crippen LogP contribution in [0.15, 0.2) is 48.5 Å². The second kappa shape index (κ2) is 7.81. The van der Waals surface area contributed by atoms with E-state index in [1.807, 2.05) is 24.3 Å². The third-order valence-corrected chi connectivity index (χ3v) is 5.30. The van der Waals surface area contributed by atoms with Crippen molar-refractivity contribution >= 4 is 11.0 Å². The molecule has 1 fully saturated rings. The van der Waals surface area contributed by atoms with E-state index in [4.69, 9.17) is 14.5 Å². The molecule has 4 heteroatoms. The molecular weight excluding hydrogens is 324 g/mol. The summed E-state index contributed by atoms with van der Waals surface area (Å²) in [4.78, 5) is 4.98. The predicted octanol–water partition coefficient (Wildman–Crippen LogP) is 5.17. The van der Waals surface area contributed by atoms with Crippen molar-refractivity contribution in [3.05, 3.63) is 54.4 Å². The van der Waals surface area contributed by atoms with Gasteiger partial charge in [0.15, 0.2) is 0 Å². The van der Waals surface area contributed by atoms with Crippen molar-refractivity contribution in [3.63, 3.8) is 0 Å². The minimum Gasteiger partial charge on any atom is -0.497 e. The van der Waals surface area contributed by atoms with Crippen LogP contribution in [0.3, 0.4) is 0 Å². The number of hydrogen-bond donors (Lipinski definition) is 0. The molecule has 1 aliphatic rings. The van der Waals surface area contributed by atoms with E-state index < -0.39 is 0 Å². The summed E-state index contributed by atoms with van der Waals surface area (Å²) in [6, 6.07) is 16.2. The molecule has 3 aromatic rings. The number of hydrogen-bond acceptors (Lipinski definition) is 3. The van der Waals surface area contributed by atoms with Gasteiger partial charge in [0.05, 0.1) is 24.7 Å². The molecule has 0 unspecified atom stereocenters. The van der Waals surface area contributed by atoms with Gasteiger partial charge in [-0.05, 0) is 49.2 Å². The van der Waals surface area contributed by atoms with Gasteiger partial charge in [-0.15, -0.1) is 0 Å². The molecule has 0 N–H and O–H groups in total. The number of methoxy groups -OCH3 is 1. The zero-order valence-electron chi connectivity index (χ0n) is 15.4. The topological polar surface area (TPSA) is 36.3 Å². The SMILES string of the molecule is COc1ccc(OCCn2c(C3CCCCC3)nc3ccccc32)cc1. The highest BCUT2D eigenvalue weighted by molar-refractivity contribution is 5.76. The van der Waals surface area contributed by atoms with Gasteiger partial charge in [0, 0.05) is 5.92 Å². The first kappa shape index (κ1) is 17.0. The minimum atomic E-state index is 0.581. The Hall–Kier alpha value is -2.49. The number of ether oxygens (including phenoxy) is 2. The fourth-order valence-electron chi connectivity index (χ4n) is 3.93. The second-order valence-electron chi connectivity index (χ2n) is 6.97. The molecule has 136 valence electrons. The van der Waals surface area contributed by atoms with Crippen molar-refractivity contribution in [1.29, 1.82) is 0 Å². The van der Waals surface area contributed by atoms with Gasteiger partial charge < -0.3 is 14.0 Å². The van der Waals surface area contributed by atoms with Crippen LogP contribution in [-0.4, -0.2) is 23.3 Å². The molecule has 0 bridgehead atoms. The zero-order valence-corrected chi connectivity index (χ0v) is 15.4. The molecular formula is C22H26N2O2. The van der Waals surface area contributed by atoms with E-state index >= 15 is 0 Å². The highest BCUT2D eigenvalue weighted by Crippen LogP contribution is 2.33. The van der Waals surface area contributed by atoms with Crippen molar-refractivity contribution in [2.75, 3.05) is 13.7 Å². The summed E-state index contributed by atoms with van der Waals surface area (Å²) in [5.74, 6) is 3.54. The van der Waals surface area contributed by atoms with Crippen molar-refractivity contribution in [1.82, 2.24) is 9.55 Å². The summed E-state index contributed by atoms with van der Waals surface area (Å²) in [5, 5.41) is 0. The monoisotopic (exact) mass is 350 g/mol. The molecule has 2 aromatic carbocycles. The summed E-state index contributed by atoms with van der Waals surface area (Å²) in [7, 11) is 1.67. The molecule has 0 saturated heterocycles. The van der Waals surface area contributed by atoms with E-state index in [-0.39, 0.29) is 0 Å². The van der Waals surface area contributed by atoms with E-state index in [1.165, 1.54) is 43.4 Å². The lowest BCUT2D eigenvalue weighted by Crippen LogP contribution is -2.15. The molecule has 1 heterocycles. The Labute approximate surface area is 154 Å². The molecule has 0 aliphatic heterocycles. The van der Waals surface area contributed by atoms with Crippen LogP contribution in [-0.2, 0) is 6.54 Å². The van der Waals surface area contributed by atoms with Gasteiger partial charge >= 0.3 is 0 Å². The summed E-state index contributed by atoms with van der Waals surface area (Å²) >= 11 is 0. The average Bonchev–Trinajstić information content (AvgIpc) is 3.08. The van der Waals surface area contributed by atoms with Crippen molar-refractivity contribution < 1.29 is 9.47 Å². The van der Waals surface area contributed by atoms with Crippen molar-refractivity contribution in [2.24, 2.45) is 0 Å². The second-order valence-corrected chi connectivity index (χ2v) is 6.97. The summed E-state index contributed by atoms with van der Waals surface area (Å²) in [5.41, 5.74) is 2.31. The summed E-state index contributed by atoms with van der Waals surface area (Å²) in [6.45, 7) is 1.45. The van der Waals surface area contributed by atoms with Crippen LogP contribution >= 0.6 is 0 Å². The Kier molecular flexibility index (Phi) is 5.09. The molecule has 4 nitrogen and oxygen atoms in total. The quantitative estimate of drug-likeness (QED) is 0.615. The fraction of sp³-hybridized carbons (Fsp3) is 0.409. The maximum absolute atomic E-state index is 5.97. The number of fused-ring (bicyclic) bond motifs is 1. The number of benzene rings is 2. The third kappa shape index (κ3) is 3.55. The van der Waals surface area contributed by atoms with Crippen LogP contribution < -0.4 is 9.47 Å². The van der Waals surface area contributed by atoms with Gasteiger partial charge in [-0.1, -0.05) is 31.4 Å². The molecule has 1 aromatic heterocycles. The molecule has 1 aliphatic carbocycles. The number of para-hydroxylation sites is 2. The van der Waals surface area contributed by atoms with Crippen LogP contribution in [0.2, 0.25) is 0 Å². The first-order chi connectivity index (χ1) is 12.8. The van der Waals surface area contributed by atoms with Gasteiger partial charge in [0.2, 0.25) is 0 Å². The van der Waals surface area contributed by atoms with Gasteiger partial charge in [-0.25, -0.2) is 4.98 Å². The Morgan fingerprint density at radius 2 is 1.69 bits per heavy atom. The van der Waals surface area contributed by atoms with Crippen LogP contribution in [0.4, 0.5) is 0 Å². The number of nitrogens with zero attached hydrogens (tertiary/aromatic N) is 2. The number of aromatic nitrogens is 2. The predicted molar refractivity (Wildman–Crippen MR) is 104 cm³/mol. The van der Waals surface area contributed by atoms with Crippen LogP contribution in [0.25, 0.3) is 11.0 Å². The highest BCUT2D eigenvalue weighted by atomic mass is 16.5. The molecule has 26 heavy (non-hydrogen) atoms. The molecule has 4 rings (SSSR count). The maximum Gasteiger partial charge on any atom is 0.119 e. The smallest absolute Gasteiger partial charge is 0.119 e. The zero-order chi connectivity index (χ0) is 17.8. The van der Waals surface area contributed by atoms with Gasteiger partial charge in [-0.3, -0.25) is 0 Å². The lowest BCUT2D eigenvalue weighted by atomic mass is 9.88. The van der Waals surface area contributed by atoms with Crippen molar-refractivity contribution in [2.45, 2.75) is 44.6 Å². The van der Waals surface area contributed by atoms with Gasteiger partial charge in [-0.2, -0.15) is 0 Å². The van der Waals surface area contributed by atoms with E-state index in [2.05, 4.69) is 28.8 Å². The van der Waals surface area contributed by atoms with Crippen LogP contribution in [0.1, 0.15) is 43.8 Å². The Bertz CT molecular complexity index is 848. The molecule has 0 spiro atoms. The van der Waals surface area contributed by atoms with E-state index in [9.17, 15) is 0 Å². The lowest BCUT2D eigenvalue weighted by Gasteiger charge is -2.22. The Balaban J connectivity index is 1.52. The van der Waals surface area contributed by atoms with Gasteiger partial charge in [0.25, 0.3) is 0 Å². The fourth-order valence-corrected chi connectivity index (χ4v) is 3.93. The van der Waals surface area contributed by atoms with Crippen LogP contribution in [0.5, 0.6) is 11.5 Å². The lowest BCUT2D eigenvalue weighted by molar-refractivity contribution is 0.294. The molecule has 0 amide bonds. The van der Waals surface area contributed by atoms with E-state index in [0.717, 1.165) is 23.6 Å². The summed E-state index contributed by atoms with van der Waals surface area (Å²) < 4.78 is 13.5. The largest absolute Gasteiger partial charge is 0.497 e.